The van der Waals surface area contributed by atoms with E-state index in [0.29, 0.717) is 6.54 Å². The van der Waals surface area contributed by atoms with Crippen molar-refractivity contribution in [1.82, 2.24) is 9.88 Å². The van der Waals surface area contributed by atoms with Gasteiger partial charge in [-0.3, -0.25) is 4.79 Å². The van der Waals surface area contributed by atoms with Gasteiger partial charge in [0.25, 0.3) is 5.91 Å². The van der Waals surface area contributed by atoms with E-state index in [0.717, 1.165) is 6.20 Å². The number of hydrogen-bond donors (Lipinski definition) is 0. The number of amides is 1. The van der Waals surface area contributed by atoms with E-state index in [1.165, 1.54) is 17.0 Å². The van der Waals surface area contributed by atoms with Crippen LogP contribution in [0.15, 0.2) is 18.3 Å². The van der Waals surface area contributed by atoms with Gasteiger partial charge in [0.15, 0.2) is 0 Å². The first kappa shape index (κ1) is 11.2. The van der Waals surface area contributed by atoms with Crippen LogP contribution in [0.1, 0.15) is 17.4 Å². The molecule has 0 aromatic carbocycles. The van der Waals surface area contributed by atoms with Crippen molar-refractivity contribution in [3.8, 4) is 12.3 Å². The lowest BCUT2D eigenvalue weighted by molar-refractivity contribution is 0.0779. The zero-order valence-corrected chi connectivity index (χ0v) is 8.40. The Hall–Kier alpha value is -1.89. The predicted octanol–water partition coefficient (Wildman–Crippen LogP) is 1.32. The Bertz CT molecular complexity index is 381. The van der Waals surface area contributed by atoms with Crippen molar-refractivity contribution in [2.24, 2.45) is 0 Å². The molecule has 0 aliphatic rings. The van der Waals surface area contributed by atoms with Crippen LogP contribution in [0, 0.1) is 18.2 Å². The molecule has 4 heteroatoms. The monoisotopic (exact) mass is 206 g/mol. The number of carbonyl (C=O) groups is 1. The molecule has 0 unspecified atom stereocenters. The van der Waals surface area contributed by atoms with Crippen molar-refractivity contribution in [3.05, 3.63) is 29.8 Å². The van der Waals surface area contributed by atoms with E-state index < -0.39 is 5.82 Å². The lowest BCUT2D eigenvalue weighted by atomic mass is 10.3. The summed E-state index contributed by atoms with van der Waals surface area (Å²) in [5.74, 6) is 1.64. The van der Waals surface area contributed by atoms with Crippen molar-refractivity contribution in [2.45, 2.75) is 6.92 Å². The van der Waals surface area contributed by atoms with Crippen molar-refractivity contribution in [1.29, 1.82) is 0 Å². The molecule has 15 heavy (non-hydrogen) atoms. The number of rotatable bonds is 3. The summed E-state index contributed by atoms with van der Waals surface area (Å²) in [6.45, 7) is 2.55. The fourth-order valence-electron chi connectivity index (χ4n) is 1.10. The van der Waals surface area contributed by atoms with Crippen LogP contribution < -0.4 is 0 Å². The summed E-state index contributed by atoms with van der Waals surface area (Å²) < 4.78 is 12.6. The van der Waals surface area contributed by atoms with E-state index in [-0.39, 0.29) is 18.1 Å². The molecule has 0 saturated heterocycles. The van der Waals surface area contributed by atoms with Crippen LogP contribution in [-0.2, 0) is 0 Å². The number of terminal acetylenes is 1. The van der Waals surface area contributed by atoms with Crippen LogP contribution in [0.3, 0.4) is 0 Å². The molecule has 0 fully saturated rings. The molecule has 0 radical (unpaired) electrons. The Morgan fingerprint density at radius 3 is 2.87 bits per heavy atom. The molecule has 1 rings (SSSR count). The smallest absolute Gasteiger partial charge is 0.273 e. The van der Waals surface area contributed by atoms with Gasteiger partial charge < -0.3 is 4.90 Å². The Morgan fingerprint density at radius 2 is 2.40 bits per heavy atom. The van der Waals surface area contributed by atoms with E-state index in [2.05, 4.69) is 10.9 Å². The molecule has 0 bridgehead atoms. The molecule has 0 aliphatic carbocycles. The van der Waals surface area contributed by atoms with Gasteiger partial charge in [-0.1, -0.05) is 5.92 Å². The number of nitrogens with zero attached hydrogens (tertiary/aromatic N) is 2. The van der Waals surface area contributed by atoms with Gasteiger partial charge in [0.1, 0.15) is 11.5 Å². The van der Waals surface area contributed by atoms with Crippen molar-refractivity contribution in [2.75, 3.05) is 13.1 Å². The van der Waals surface area contributed by atoms with E-state index in [4.69, 9.17) is 6.42 Å². The number of halogens is 1. The van der Waals surface area contributed by atoms with Gasteiger partial charge in [-0.15, -0.1) is 6.42 Å². The first-order chi connectivity index (χ1) is 7.19. The Kier molecular flexibility index (Phi) is 3.81. The maximum atomic E-state index is 12.6. The maximum absolute atomic E-state index is 12.6. The molecule has 1 aromatic heterocycles. The minimum Gasteiger partial charge on any atom is -0.326 e. The summed E-state index contributed by atoms with van der Waals surface area (Å²) >= 11 is 0. The topological polar surface area (TPSA) is 33.2 Å². The molecule has 78 valence electrons. The first-order valence-corrected chi connectivity index (χ1v) is 4.53. The lowest BCUT2D eigenvalue weighted by Crippen LogP contribution is -2.31. The SMILES string of the molecule is C#CCN(CC)C(=O)c1ccc(F)cn1. The van der Waals surface area contributed by atoms with E-state index in [1.807, 2.05) is 6.92 Å². The summed E-state index contributed by atoms with van der Waals surface area (Å²) in [5, 5.41) is 0. The van der Waals surface area contributed by atoms with Crippen LogP contribution in [0.4, 0.5) is 4.39 Å². The summed E-state index contributed by atoms with van der Waals surface area (Å²) in [6, 6.07) is 2.54. The third-order valence-electron chi connectivity index (χ3n) is 1.90. The van der Waals surface area contributed by atoms with Gasteiger partial charge >= 0.3 is 0 Å². The van der Waals surface area contributed by atoms with Crippen LogP contribution in [-0.4, -0.2) is 28.9 Å². The van der Waals surface area contributed by atoms with Crippen LogP contribution in [0.5, 0.6) is 0 Å². The van der Waals surface area contributed by atoms with Gasteiger partial charge in [-0.05, 0) is 19.1 Å². The Balaban J connectivity index is 2.84. The largest absolute Gasteiger partial charge is 0.326 e. The maximum Gasteiger partial charge on any atom is 0.273 e. The normalized spacial score (nSPS) is 9.40. The van der Waals surface area contributed by atoms with Gasteiger partial charge in [0.05, 0.1) is 12.7 Å². The molecule has 3 nitrogen and oxygen atoms in total. The quantitative estimate of drug-likeness (QED) is 0.699. The predicted molar refractivity (Wildman–Crippen MR) is 54.6 cm³/mol. The fourth-order valence-corrected chi connectivity index (χ4v) is 1.10. The third kappa shape index (κ3) is 2.78. The second-order valence-electron chi connectivity index (χ2n) is 2.89. The summed E-state index contributed by atoms with van der Waals surface area (Å²) in [6.07, 6.45) is 6.13. The van der Waals surface area contributed by atoms with Gasteiger partial charge in [0, 0.05) is 6.54 Å². The van der Waals surface area contributed by atoms with E-state index in [9.17, 15) is 9.18 Å². The summed E-state index contributed by atoms with van der Waals surface area (Å²) in [5.41, 5.74) is 0.202. The van der Waals surface area contributed by atoms with Crippen LogP contribution in [0.25, 0.3) is 0 Å². The number of aromatic nitrogens is 1. The first-order valence-electron chi connectivity index (χ1n) is 4.53. The lowest BCUT2D eigenvalue weighted by Gasteiger charge is -2.16. The van der Waals surface area contributed by atoms with Crippen molar-refractivity contribution >= 4 is 5.91 Å². The zero-order valence-electron chi connectivity index (χ0n) is 8.40. The second kappa shape index (κ2) is 5.11. The average molecular weight is 206 g/mol. The average Bonchev–Trinajstić information content (AvgIpc) is 2.26. The van der Waals surface area contributed by atoms with Crippen LogP contribution >= 0.6 is 0 Å². The fraction of sp³-hybridized carbons (Fsp3) is 0.273. The molecular formula is C11H11FN2O. The number of pyridine rings is 1. The van der Waals surface area contributed by atoms with Crippen molar-refractivity contribution < 1.29 is 9.18 Å². The van der Waals surface area contributed by atoms with Gasteiger partial charge in [-0.25, -0.2) is 9.37 Å². The summed E-state index contributed by atoms with van der Waals surface area (Å²) in [4.78, 5) is 16.9. The number of carbonyl (C=O) groups excluding carboxylic acids is 1. The molecule has 1 heterocycles. The van der Waals surface area contributed by atoms with Crippen molar-refractivity contribution in [3.63, 3.8) is 0 Å². The zero-order chi connectivity index (χ0) is 11.3. The standard InChI is InChI=1S/C11H11FN2O/c1-3-7-14(4-2)11(15)10-6-5-9(12)8-13-10/h1,5-6,8H,4,7H2,2H3. The molecule has 0 saturated carbocycles. The molecule has 0 spiro atoms. The van der Waals surface area contributed by atoms with Gasteiger partial charge in [-0.2, -0.15) is 0 Å². The van der Waals surface area contributed by atoms with E-state index >= 15 is 0 Å². The highest BCUT2D eigenvalue weighted by molar-refractivity contribution is 5.92. The molecule has 1 aromatic rings. The highest BCUT2D eigenvalue weighted by Crippen LogP contribution is 2.02. The number of hydrogen-bond acceptors (Lipinski definition) is 2. The highest BCUT2D eigenvalue weighted by Gasteiger charge is 2.13. The molecule has 1 amide bonds. The third-order valence-corrected chi connectivity index (χ3v) is 1.90. The highest BCUT2D eigenvalue weighted by atomic mass is 19.1. The second-order valence-corrected chi connectivity index (χ2v) is 2.89. The molecular weight excluding hydrogens is 195 g/mol. The molecule has 0 aliphatic heterocycles. The van der Waals surface area contributed by atoms with Crippen LogP contribution in [0.2, 0.25) is 0 Å². The van der Waals surface area contributed by atoms with E-state index in [1.54, 1.807) is 0 Å². The minimum absolute atomic E-state index is 0.202. The minimum atomic E-state index is -0.466. The van der Waals surface area contributed by atoms with Gasteiger partial charge in [0.2, 0.25) is 0 Å². The Labute approximate surface area is 87.9 Å². The molecule has 0 atom stereocenters. The summed E-state index contributed by atoms with van der Waals surface area (Å²) in [7, 11) is 0. The molecule has 0 N–H and O–H groups in total. The Morgan fingerprint density at radius 1 is 1.67 bits per heavy atom.